The first-order valence-corrected chi connectivity index (χ1v) is 7.47. The molecule has 0 saturated heterocycles. The predicted molar refractivity (Wildman–Crippen MR) is 85.2 cm³/mol. The van der Waals surface area contributed by atoms with Gasteiger partial charge in [-0.3, -0.25) is 0 Å². The fourth-order valence-electron chi connectivity index (χ4n) is 1.85. The van der Waals surface area contributed by atoms with Crippen LogP contribution in [-0.2, 0) is 6.18 Å². The van der Waals surface area contributed by atoms with Gasteiger partial charge in [-0.15, -0.1) is 0 Å². The molecular weight excluding hydrogens is 329 g/mol. The number of aromatic nitrogens is 2. The molecule has 0 bridgehead atoms. The van der Waals surface area contributed by atoms with Gasteiger partial charge in [0.05, 0.1) is 16.3 Å². The van der Waals surface area contributed by atoms with Crippen LogP contribution in [0.3, 0.4) is 0 Å². The smallest absolute Gasteiger partial charge is 0.370 e. The molecule has 0 aliphatic carbocycles. The molecule has 1 aromatic carbocycles. The molecule has 2 rings (SSSR count). The van der Waals surface area contributed by atoms with Gasteiger partial charge in [-0.1, -0.05) is 24.9 Å². The molecule has 1 aromatic heterocycles. The lowest BCUT2D eigenvalue weighted by Crippen LogP contribution is -2.06. The van der Waals surface area contributed by atoms with Crippen molar-refractivity contribution in [3.63, 3.8) is 0 Å². The molecule has 0 spiro atoms. The molecule has 2 N–H and O–H groups in total. The van der Waals surface area contributed by atoms with Crippen LogP contribution in [0.15, 0.2) is 30.6 Å². The van der Waals surface area contributed by atoms with E-state index in [4.69, 9.17) is 11.6 Å². The number of rotatable bonds is 6. The van der Waals surface area contributed by atoms with E-state index in [2.05, 4.69) is 27.5 Å². The summed E-state index contributed by atoms with van der Waals surface area (Å²) in [5.74, 6) is 0.958. The molecule has 0 radical (unpaired) electrons. The maximum Gasteiger partial charge on any atom is 0.416 e. The molecule has 124 valence electrons. The third kappa shape index (κ3) is 4.99. The largest absolute Gasteiger partial charge is 0.416 e. The third-order valence-corrected chi connectivity index (χ3v) is 3.39. The van der Waals surface area contributed by atoms with E-state index in [9.17, 15) is 13.2 Å². The first-order chi connectivity index (χ1) is 10.9. The number of nitrogens with zero attached hydrogens (tertiary/aromatic N) is 2. The van der Waals surface area contributed by atoms with Gasteiger partial charge in [0.15, 0.2) is 0 Å². The van der Waals surface area contributed by atoms with Gasteiger partial charge >= 0.3 is 6.18 Å². The summed E-state index contributed by atoms with van der Waals surface area (Å²) in [4.78, 5) is 8.05. The lowest BCUT2D eigenvalue weighted by atomic mass is 10.2. The van der Waals surface area contributed by atoms with E-state index in [-0.39, 0.29) is 10.7 Å². The monoisotopic (exact) mass is 344 g/mol. The highest BCUT2D eigenvalue weighted by Crippen LogP contribution is 2.34. The quantitative estimate of drug-likeness (QED) is 0.715. The summed E-state index contributed by atoms with van der Waals surface area (Å²) in [6.07, 6.45) is -1.06. The second-order valence-corrected chi connectivity index (χ2v) is 5.29. The van der Waals surface area contributed by atoms with Crippen LogP contribution in [0.4, 0.5) is 30.5 Å². The highest BCUT2D eigenvalue weighted by atomic mass is 35.5. The molecule has 4 nitrogen and oxygen atoms in total. The minimum Gasteiger partial charge on any atom is -0.370 e. The Kier molecular flexibility index (Phi) is 5.65. The SMILES string of the molecule is CCCCNc1cc(Nc2cc(C(F)(F)F)ccc2Cl)ncn1. The molecule has 0 aliphatic rings. The highest BCUT2D eigenvalue weighted by Gasteiger charge is 2.31. The molecule has 0 saturated carbocycles. The number of alkyl halides is 3. The van der Waals surface area contributed by atoms with E-state index >= 15 is 0 Å². The lowest BCUT2D eigenvalue weighted by Gasteiger charge is -2.12. The fraction of sp³-hybridized carbons (Fsp3) is 0.333. The first-order valence-electron chi connectivity index (χ1n) is 7.10. The number of nitrogens with one attached hydrogen (secondary N) is 2. The molecule has 0 fully saturated rings. The summed E-state index contributed by atoms with van der Waals surface area (Å²) in [7, 11) is 0. The van der Waals surface area contributed by atoms with Crippen molar-refractivity contribution in [1.82, 2.24) is 9.97 Å². The van der Waals surface area contributed by atoms with Crippen LogP contribution in [0, 0.1) is 0 Å². The van der Waals surface area contributed by atoms with Crippen molar-refractivity contribution in [1.29, 1.82) is 0 Å². The minimum absolute atomic E-state index is 0.139. The van der Waals surface area contributed by atoms with Crippen molar-refractivity contribution in [2.24, 2.45) is 0 Å². The molecule has 2 aromatic rings. The van der Waals surface area contributed by atoms with Crippen LogP contribution in [0.2, 0.25) is 5.02 Å². The Bertz CT molecular complexity index is 661. The van der Waals surface area contributed by atoms with Crippen LogP contribution >= 0.6 is 11.6 Å². The zero-order valence-corrected chi connectivity index (χ0v) is 13.2. The van der Waals surface area contributed by atoms with Crippen LogP contribution in [0.25, 0.3) is 0 Å². The summed E-state index contributed by atoms with van der Waals surface area (Å²) >= 11 is 5.95. The third-order valence-electron chi connectivity index (χ3n) is 3.06. The summed E-state index contributed by atoms with van der Waals surface area (Å²) in [5.41, 5.74) is -0.639. The fourth-order valence-corrected chi connectivity index (χ4v) is 2.02. The lowest BCUT2D eigenvalue weighted by molar-refractivity contribution is -0.137. The number of hydrogen-bond donors (Lipinski definition) is 2. The molecule has 0 unspecified atom stereocenters. The second-order valence-electron chi connectivity index (χ2n) is 4.89. The van der Waals surface area contributed by atoms with Gasteiger partial charge in [0.25, 0.3) is 0 Å². The Hall–Kier alpha value is -2.02. The van der Waals surface area contributed by atoms with Crippen molar-refractivity contribution in [3.05, 3.63) is 41.2 Å². The summed E-state index contributed by atoms with van der Waals surface area (Å²) in [5, 5.41) is 6.09. The van der Waals surface area contributed by atoms with E-state index in [1.807, 2.05) is 0 Å². The Morgan fingerprint density at radius 1 is 1.13 bits per heavy atom. The topological polar surface area (TPSA) is 49.8 Å². The van der Waals surface area contributed by atoms with Gasteiger partial charge in [-0.2, -0.15) is 13.2 Å². The summed E-state index contributed by atoms with van der Waals surface area (Å²) in [6, 6.07) is 4.71. The van der Waals surface area contributed by atoms with Crippen molar-refractivity contribution >= 4 is 28.9 Å². The van der Waals surface area contributed by atoms with Gasteiger partial charge in [-0.05, 0) is 24.6 Å². The van der Waals surface area contributed by atoms with Crippen LogP contribution in [0.1, 0.15) is 25.3 Å². The molecule has 0 aliphatic heterocycles. The average molecular weight is 345 g/mol. The molecular formula is C15H16ClF3N4. The second kappa shape index (κ2) is 7.50. The van der Waals surface area contributed by atoms with E-state index in [1.165, 1.54) is 12.4 Å². The summed E-state index contributed by atoms with van der Waals surface area (Å²) < 4.78 is 38.3. The van der Waals surface area contributed by atoms with E-state index in [0.29, 0.717) is 11.6 Å². The molecule has 8 heteroatoms. The van der Waals surface area contributed by atoms with E-state index in [0.717, 1.165) is 31.5 Å². The maximum atomic E-state index is 12.8. The van der Waals surface area contributed by atoms with Crippen molar-refractivity contribution in [3.8, 4) is 0 Å². The molecule has 0 amide bonds. The van der Waals surface area contributed by atoms with E-state index < -0.39 is 11.7 Å². The van der Waals surface area contributed by atoms with Gasteiger partial charge in [-0.25, -0.2) is 9.97 Å². The van der Waals surface area contributed by atoms with Gasteiger partial charge in [0.2, 0.25) is 0 Å². The molecule has 23 heavy (non-hydrogen) atoms. The zero-order valence-electron chi connectivity index (χ0n) is 12.4. The number of anilines is 3. The Balaban J connectivity index is 2.17. The minimum atomic E-state index is -4.43. The van der Waals surface area contributed by atoms with Crippen LogP contribution < -0.4 is 10.6 Å². The number of halogens is 4. The van der Waals surface area contributed by atoms with Crippen molar-refractivity contribution < 1.29 is 13.2 Å². The van der Waals surface area contributed by atoms with Gasteiger partial charge < -0.3 is 10.6 Å². The van der Waals surface area contributed by atoms with Crippen molar-refractivity contribution in [2.75, 3.05) is 17.2 Å². The molecule has 1 heterocycles. The van der Waals surface area contributed by atoms with Gasteiger partial charge in [0, 0.05) is 12.6 Å². The Morgan fingerprint density at radius 3 is 2.57 bits per heavy atom. The number of hydrogen-bond acceptors (Lipinski definition) is 4. The Morgan fingerprint density at radius 2 is 1.87 bits per heavy atom. The zero-order chi connectivity index (χ0) is 16.9. The molecule has 0 atom stereocenters. The highest BCUT2D eigenvalue weighted by molar-refractivity contribution is 6.33. The van der Waals surface area contributed by atoms with Crippen molar-refractivity contribution in [2.45, 2.75) is 25.9 Å². The number of benzene rings is 1. The van der Waals surface area contributed by atoms with E-state index in [1.54, 1.807) is 6.07 Å². The predicted octanol–water partition coefficient (Wildman–Crippen LogP) is 5.10. The van der Waals surface area contributed by atoms with Crippen LogP contribution in [0.5, 0.6) is 0 Å². The Labute approximate surface area is 137 Å². The normalized spacial score (nSPS) is 11.3. The van der Waals surface area contributed by atoms with Gasteiger partial charge in [0.1, 0.15) is 18.0 Å². The summed E-state index contributed by atoms with van der Waals surface area (Å²) in [6.45, 7) is 2.83. The first kappa shape index (κ1) is 17.3. The maximum absolute atomic E-state index is 12.8. The number of unbranched alkanes of at least 4 members (excludes halogenated alkanes) is 1. The average Bonchev–Trinajstić information content (AvgIpc) is 2.49. The standard InChI is InChI=1S/C15H16ClF3N4/c1-2-3-6-20-13-8-14(22-9-21-13)23-12-7-10(15(17,18)19)4-5-11(12)16/h4-5,7-9H,2-3,6H2,1H3,(H2,20,21,22,23). The van der Waals surface area contributed by atoms with Crippen LogP contribution in [-0.4, -0.2) is 16.5 Å².